The molecule has 0 aromatic heterocycles. The number of rotatable bonds is 5. The second kappa shape index (κ2) is 6.02. The fraction of sp³-hybridized carbons (Fsp3) is 0.909. The summed E-state index contributed by atoms with van der Waals surface area (Å²) in [7, 11) is 1.88. The van der Waals surface area contributed by atoms with Gasteiger partial charge < -0.3 is 10.6 Å². The van der Waals surface area contributed by atoms with Gasteiger partial charge in [-0.3, -0.25) is 4.79 Å². The maximum atomic E-state index is 11.4. The Balaban J connectivity index is 3.72. The lowest BCUT2D eigenvalue weighted by Crippen LogP contribution is -2.33. The van der Waals surface area contributed by atoms with Crippen molar-refractivity contribution in [2.24, 2.45) is 11.3 Å². The largest absolute Gasteiger partial charge is 0.355 e. The lowest BCUT2D eigenvalue weighted by molar-refractivity contribution is -0.122. The zero-order valence-electron chi connectivity index (χ0n) is 10.1. The Hall–Kier alpha value is -0.570. The molecule has 0 rings (SSSR count). The molecule has 14 heavy (non-hydrogen) atoms. The minimum atomic E-state index is 0.155. The molecule has 0 radical (unpaired) electrons. The van der Waals surface area contributed by atoms with E-state index in [1.54, 1.807) is 0 Å². The number of hydrogen-bond acceptors (Lipinski definition) is 2. The van der Waals surface area contributed by atoms with Crippen molar-refractivity contribution in [1.82, 2.24) is 10.6 Å². The van der Waals surface area contributed by atoms with Gasteiger partial charge in [0.2, 0.25) is 5.91 Å². The van der Waals surface area contributed by atoms with Gasteiger partial charge in [-0.1, -0.05) is 27.7 Å². The van der Waals surface area contributed by atoms with E-state index in [1.165, 1.54) is 0 Å². The molecule has 0 aromatic rings. The summed E-state index contributed by atoms with van der Waals surface area (Å²) in [5.41, 5.74) is 0.209. The number of nitrogens with one attached hydrogen (secondary N) is 2. The third-order valence-electron chi connectivity index (χ3n) is 2.67. The van der Waals surface area contributed by atoms with Crippen LogP contribution in [0.1, 0.15) is 34.1 Å². The van der Waals surface area contributed by atoms with Crippen LogP contribution in [0.3, 0.4) is 0 Å². The Labute approximate surface area is 87.6 Å². The third-order valence-corrected chi connectivity index (χ3v) is 2.67. The minimum absolute atomic E-state index is 0.155. The Bertz CT molecular complexity index is 173. The third kappa shape index (κ3) is 5.97. The Morgan fingerprint density at radius 2 is 1.86 bits per heavy atom. The summed E-state index contributed by atoms with van der Waals surface area (Å²) in [6.07, 6.45) is 0.618. The van der Waals surface area contributed by atoms with Gasteiger partial charge in [0.15, 0.2) is 0 Å². The molecule has 0 aromatic carbocycles. The molecule has 0 saturated heterocycles. The summed E-state index contributed by atoms with van der Waals surface area (Å²) in [6.45, 7) is 10.2. The summed E-state index contributed by atoms with van der Waals surface area (Å²) in [4.78, 5) is 11.4. The molecule has 0 bridgehead atoms. The first-order valence-electron chi connectivity index (χ1n) is 5.29. The average molecular weight is 200 g/mol. The van der Waals surface area contributed by atoms with Crippen molar-refractivity contribution in [3.63, 3.8) is 0 Å². The summed E-state index contributed by atoms with van der Waals surface area (Å²) >= 11 is 0. The van der Waals surface area contributed by atoms with E-state index in [2.05, 4.69) is 38.3 Å². The molecule has 0 fully saturated rings. The molecule has 2 N–H and O–H groups in total. The minimum Gasteiger partial charge on any atom is -0.355 e. The van der Waals surface area contributed by atoms with Crippen molar-refractivity contribution < 1.29 is 4.79 Å². The number of carbonyl (C=O) groups is 1. The van der Waals surface area contributed by atoms with E-state index >= 15 is 0 Å². The van der Waals surface area contributed by atoms with Crippen LogP contribution in [-0.2, 0) is 4.79 Å². The molecule has 3 heteroatoms. The molecule has 0 heterocycles. The van der Waals surface area contributed by atoms with Crippen molar-refractivity contribution in [2.45, 2.75) is 34.1 Å². The van der Waals surface area contributed by atoms with E-state index in [0.29, 0.717) is 18.9 Å². The first kappa shape index (κ1) is 13.4. The molecular formula is C11H24N2O. The van der Waals surface area contributed by atoms with Crippen LogP contribution in [0.2, 0.25) is 0 Å². The van der Waals surface area contributed by atoms with E-state index in [4.69, 9.17) is 0 Å². The van der Waals surface area contributed by atoms with Gasteiger partial charge in [0.1, 0.15) is 0 Å². The topological polar surface area (TPSA) is 41.1 Å². The van der Waals surface area contributed by atoms with Gasteiger partial charge in [0.25, 0.3) is 0 Å². The second-order valence-corrected chi connectivity index (χ2v) is 4.92. The highest BCUT2D eigenvalue weighted by Crippen LogP contribution is 2.27. The lowest BCUT2D eigenvalue weighted by atomic mass is 9.80. The smallest absolute Gasteiger partial charge is 0.220 e. The van der Waals surface area contributed by atoms with Crippen LogP contribution in [0, 0.1) is 11.3 Å². The van der Waals surface area contributed by atoms with E-state index in [-0.39, 0.29) is 11.3 Å². The van der Waals surface area contributed by atoms with Crippen LogP contribution in [-0.4, -0.2) is 26.0 Å². The van der Waals surface area contributed by atoms with Crippen molar-refractivity contribution in [3.05, 3.63) is 0 Å². The van der Waals surface area contributed by atoms with Crippen LogP contribution in [0.5, 0.6) is 0 Å². The SMILES string of the molecule is CNCCNC(=O)CC(C)C(C)(C)C. The molecule has 3 nitrogen and oxygen atoms in total. The van der Waals surface area contributed by atoms with Gasteiger partial charge in [0.05, 0.1) is 0 Å². The fourth-order valence-corrected chi connectivity index (χ4v) is 0.983. The van der Waals surface area contributed by atoms with E-state index < -0.39 is 0 Å². The van der Waals surface area contributed by atoms with E-state index in [1.807, 2.05) is 7.05 Å². The van der Waals surface area contributed by atoms with Gasteiger partial charge >= 0.3 is 0 Å². The Morgan fingerprint density at radius 3 is 2.29 bits per heavy atom. The van der Waals surface area contributed by atoms with E-state index in [0.717, 1.165) is 6.54 Å². The lowest BCUT2D eigenvalue weighted by Gasteiger charge is -2.26. The Kier molecular flexibility index (Phi) is 5.77. The number of amides is 1. The molecule has 1 unspecified atom stereocenters. The molecule has 1 atom stereocenters. The van der Waals surface area contributed by atoms with Crippen molar-refractivity contribution in [3.8, 4) is 0 Å². The van der Waals surface area contributed by atoms with E-state index in [9.17, 15) is 4.79 Å². The van der Waals surface area contributed by atoms with Gasteiger partial charge in [-0.05, 0) is 18.4 Å². The predicted molar refractivity (Wildman–Crippen MR) is 60.2 cm³/mol. The zero-order valence-corrected chi connectivity index (χ0v) is 10.1. The summed E-state index contributed by atoms with van der Waals surface area (Å²) in [5.74, 6) is 0.569. The number of carbonyl (C=O) groups excluding carboxylic acids is 1. The second-order valence-electron chi connectivity index (χ2n) is 4.92. The molecule has 0 aliphatic heterocycles. The quantitative estimate of drug-likeness (QED) is 0.659. The Morgan fingerprint density at radius 1 is 1.29 bits per heavy atom. The van der Waals surface area contributed by atoms with Gasteiger partial charge in [0, 0.05) is 19.5 Å². The number of likely N-dealkylation sites (N-methyl/N-ethyl adjacent to an activating group) is 1. The van der Waals surface area contributed by atoms with Crippen molar-refractivity contribution in [1.29, 1.82) is 0 Å². The highest BCUT2D eigenvalue weighted by atomic mass is 16.1. The van der Waals surface area contributed by atoms with Crippen LogP contribution in [0.25, 0.3) is 0 Å². The molecule has 1 amide bonds. The number of hydrogen-bond donors (Lipinski definition) is 2. The monoisotopic (exact) mass is 200 g/mol. The van der Waals surface area contributed by atoms with Crippen LogP contribution in [0.15, 0.2) is 0 Å². The normalized spacial score (nSPS) is 13.8. The van der Waals surface area contributed by atoms with Gasteiger partial charge in [-0.15, -0.1) is 0 Å². The predicted octanol–water partition coefficient (Wildman–Crippen LogP) is 1.39. The molecule has 84 valence electrons. The standard InChI is InChI=1S/C11H24N2O/c1-9(11(2,3)4)8-10(14)13-7-6-12-5/h9,12H,6-8H2,1-5H3,(H,13,14). The highest BCUT2D eigenvalue weighted by Gasteiger charge is 2.22. The summed E-state index contributed by atoms with van der Waals surface area (Å²) in [5, 5.41) is 5.88. The van der Waals surface area contributed by atoms with Gasteiger partial charge in [-0.2, -0.15) is 0 Å². The molecular weight excluding hydrogens is 176 g/mol. The maximum Gasteiger partial charge on any atom is 0.220 e. The maximum absolute atomic E-state index is 11.4. The first-order chi connectivity index (χ1) is 6.38. The van der Waals surface area contributed by atoms with Crippen LogP contribution in [0.4, 0.5) is 0 Å². The zero-order chi connectivity index (χ0) is 11.2. The van der Waals surface area contributed by atoms with Gasteiger partial charge in [-0.25, -0.2) is 0 Å². The molecule has 0 aliphatic carbocycles. The average Bonchev–Trinajstić information content (AvgIpc) is 2.03. The van der Waals surface area contributed by atoms with Crippen molar-refractivity contribution >= 4 is 5.91 Å². The summed E-state index contributed by atoms with van der Waals surface area (Å²) in [6, 6.07) is 0. The van der Waals surface area contributed by atoms with Crippen LogP contribution >= 0.6 is 0 Å². The first-order valence-corrected chi connectivity index (χ1v) is 5.29. The fourth-order valence-electron chi connectivity index (χ4n) is 0.983. The highest BCUT2D eigenvalue weighted by molar-refractivity contribution is 5.76. The van der Waals surface area contributed by atoms with Crippen LogP contribution < -0.4 is 10.6 Å². The molecule has 0 spiro atoms. The van der Waals surface area contributed by atoms with Crippen molar-refractivity contribution in [2.75, 3.05) is 20.1 Å². The molecule has 0 aliphatic rings. The summed E-state index contributed by atoms with van der Waals surface area (Å²) < 4.78 is 0. The molecule has 0 saturated carbocycles.